The van der Waals surface area contributed by atoms with Gasteiger partial charge in [0.2, 0.25) is 10.0 Å². The fourth-order valence-corrected chi connectivity index (χ4v) is 3.73. The Morgan fingerprint density at radius 3 is 2.26 bits per heavy atom. The topological polar surface area (TPSA) is 67.9 Å². The van der Waals surface area contributed by atoms with Crippen molar-refractivity contribution >= 4 is 10.0 Å². The smallest absolute Gasteiger partial charge is 0.243 e. The highest BCUT2D eigenvalue weighted by Crippen LogP contribution is 2.32. The lowest BCUT2D eigenvalue weighted by atomic mass is 10.1. The van der Waals surface area contributed by atoms with Crippen LogP contribution in [0.1, 0.15) is 11.6 Å². The minimum atomic E-state index is -4.18. The molecule has 148 valence electrons. The Balaban J connectivity index is 2.30. The van der Waals surface area contributed by atoms with Crippen LogP contribution in [0.2, 0.25) is 0 Å². The molecule has 2 aromatic rings. The van der Waals surface area contributed by atoms with E-state index in [1.54, 1.807) is 31.1 Å². The Morgan fingerprint density at radius 1 is 1.07 bits per heavy atom. The van der Waals surface area contributed by atoms with E-state index < -0.39 is 32.6 Å². The number of methoxy groups -OCH3 is 2. The first-order chi connectivity index (χ1) is 12.7. The van der Waals surface area contributed by atoms with Crippen LogP contribution >= 0.6 is 0 Å². The van der Waals surface area contributed by atoms with Crippen LogP contribution in [0.5, 0.6) is 11.5 Å². The molecule has 1 N–H and O–H groups in total. The average Bonchev–Trinajstić information content (AvgIpc) is 2.61. The van der Waals surface area contributed by atoms with Crippen molar-refractivity contribution in [3.8, 4) is 11.5 Å². The second kappa shape index (κ2) is 8.64. The molecule has 0 spiro atoms. The van der Waals surface area contributed by atoms with Crippen molar-refractivity contribution in [1.82, 2.24) is 9.62 Å². The molecular weight excluding hydrogens is 378 g/mol. The molecule has 6 nitrogen and oxygen atoms in total. The number of sulfonamides is 1. The molecule has 0 aromatic heterocycles. The van der Waals surface area contributed by atoms with Crippen molar-refractivity contribution in [2.45, 2.75) is 10.9 Å². The summed E-state index contributed by atoms with van der Waals surface area (Å²) in [4.78, 5) is 1.18. The second-order valence-corrected chi connectivity index (χ2v) is 7.76. The van der Waals surface area contributed by atoms with Gasteiger partial charge in [0.05, 0.1) is 14.2 Å². The monoisotopic (exact) mass is 400 g/mol. The van der Waals surface area contributed by atoms with Gasteiger partial charge in [0.25, 0.3) is 0 Å². The first-order valence-corrected chi connectivity index (χ1v) is 9.51. The van der Waals surface area contributed by atoms with Crippen LogP contribution < -0.4 is 14.2 Å². The summed E-state index contributed by atoms with van der Waals surface area (Å²) in [7, 11) is 1.95. The van der Waals surface area contributed by atoms with Crippen LogP contribution in [0.25, 0.3) is 0 Å². The van der Waals surface area contributed by atoms with E-state index in [-0.39, 0.29) is 18.0 Å². The predicted octanol–water partition coefficient (Wildman–Crippen LogP) is 2.56. The number of halogens is 2. The highest BCUT2D eigenvalue weighted by atomic mass is 32.2. The zero-order chi connectivity index (χ0) is 20.2. The van der Waals surface area contributed by atoms with Crippen molar-refractivity contribution in [3.63, 3.8) is 0 Å². The van der Waals surface area contributed by atoms with E-state index in [2.05, 4.69) is 4.72 Å². The molecule has 9 heteroatoms. The van der Waals surface area contributed by atoms with Gasteiger partial charge in [0, 0.05) is 24.7 Å². The minimum Gasteiger partial charge on any atom is -0.493 e. The molecule has 1 atom stereocenters. The van der Waals surface area contributed by atoms with Crippen LogP contribution in [0, 0.1) is 11.6 Å². The zero-order valence-corrected chi connectivity index (χ0v) is 16.3. The van der Waals surface area contributed by atoms with E-state index in [0.717, 1.165) is 12.1 Å². The minimum absolute atomic E-state index is 0.0768. The van der Waals surface area contributed by atoms with Gasteiger partial charge in [-0.3, -0.25) is 0 Å². The highest BCUT2D eigenvalue weighted by molar-refractivity contribution is 7.89. The first-order valence-electron chi connectivity index (χ1n) is 8.02. The Kier molecular flexibility index (Phi) is 6.74. The summed E-state index contributed by atoms with van der Waals surface area (Å²) in [6.07, 6.45) is 0. The van der Waals surface area contributed by atoms with E-state index >= 15 is 0 Å². The summed E-state index contributed by atoms with van der Waals surface area (Å²) in [6, 6.07) is 7.43. The summed E-state index contributed by atoms with van der Waals surface area (Å²) >= 11 is 0. The van der Waals surface area contributed by atoms with Crippen molar-refractivity contribution < 1.29 is 26.7 Å². The molecule has 0 saturated heterocycles. The highest BCUT2D eigenvalue weighted by Gasteiger charge is 2.25. The number of nitrogens with one attached hydrogen (secondary N) is 1. The molecule has 0 radical (unpaired) electrons. The third kappa shape index (κ3) is 4.94. The lowest BCUT2D eigenvalue weighted by Crippen LogP contribution is -2.35. The number of hydrogen-bond acceptors (Lipinski definition) is 5. The van der Waals surface area contributed by atoms with Crippen molar-refractivity contribution in [2.75, 3.05) is 34.9 Å². The van der Waals surface area contributed by atoms with Gasteiger partial charge in [-0.15, -0.1) is 0 Å². The van der Waals surface area contributed by atoms with Gasteiger partial charge in [-0.05, 0) is 31.8 Å². The second-order valence-electron chi connectivity index (χ2n) is 6.02. The molecule has 0 amide bonds. The van der Waals surface area contributed by atoms with Crippen LogP contribution in [0.3, 0.4) is 0 Å². The van der Waals surface area contributed by atoms with Gasteiger partial charge >= 0.3 is 0 Å². The molecule has 0 unspecified atom stereocenters. The third-order valence-corrected chi connectivity index (χ3v) is 5.49. The lowest BCUT2D eigenvalue weighted by molar-refractivity contribution is 0.298. The Hall–Kier alpha value is -2.23. The molecular formula is C18H22F2N2O4S. The number of nitrogens with zero attached hydrogens (tertiary/aromatic N) is 1. The molecule has 0 aliphatic carbocycles. The molecule has 0 aliphatic heterocycles. The summed E-state index contributed by atoms with van der Waals surface area (Å²) in [5.41, 5.74) is 0.593. The van der Waals surface area contributed by atoms with Crippen LogP contribution in [0.15, 0.2) is 41.3 Å². The zero-order valence-electron chi connectivity index (χ0n) is 15.5. The average molecular weight is 400 g/mol. The van der Waals surface area contributed by atoms with E-state index in [1.165, 1.54) is 26.4 Å². The standard InChI is InChI=1S/C18H22F2N2O4S/c1-22(2)15(12-6-5-7-13(19)8-12)11-21-27(23,24)18-10-17(26-4)16(25-3)9-14(18)20/h5-10,15,21H,11H2,1-4H3/t15-/m0/s1. The quantitative estimate of drug-likeness (QED) is 0.738. The van der Waals surface area contributed by atoms with E-state index in [4.69, 9.17) is 9.47 Å². The van der Waals surface area contributed by atoms with Crippen molar-refractivity contribution in [2.24, 2.45) is 0 Å². The Bertz CT molecular complexity index is 904. The largest absolute Gasteiger partial charge is 0.493 e. The van der Waals surface area contributed by atoms with E-state index in [1.807, 2.05) is 0 Å². The molecule has 2 rings (SSSR count). The van der Waals surface area contributed by atoms with Gasteiger partial charge in [-0.1, -0.05) is 12.1 Å². The maximum Gasteiger partial charge on any atom is 0.243 e. The fourth-order valence-electron chi connectivity index (χ4n) is 2.62. The molecule has 27 heavy (non-hydrogen) atoms. The summed E-state index contributed by atoms with van der Waals surface area (Å²) < 4.78 is 65.4. The summed E-state index contributed by atoms with van der Waals surface area (Å²) in [5.74, 6) is -1.21. The first kappa shape index (κ1) is 21.1. The van der Waals surface area contributed by atoms with Crippen LogP contribution in [-0.2, 0) is 10.0 Å². The van der Waals surface area contributed by atoms with Gasteiger partial charge in [-0.25, -0.2) is 21.9 Å². The molecule has 0 aliphatic rings. The molecule has 0 bridgehead atoms. The number of hydrogen-bond donors (Lipinski definition) is 1. The molecule has 0 fully saturated rings. The lowest BCUT2D eigenvalue weighted by Gasteiger charge is -2.25. The van der Waals surface area contributed by atoms with Gasteiger partial charge < -0.3 is 14.4 Å². The number of ether oxygens (including phenoxy) is 2. The van der Waals surface area contributed by atoms with Crippen molar-refractivity contribution in [1.29, 1.82) is 0 Å². The maximum atomic E-state index is 14.3. The normalized spacial score (nSPS) is 12.9. The maximum absolute atomic E-state index is 14.3. The van der Waals surface area contributed by atoms with Crippen LogP contribution in [-0.4, -0.2) is 48.2 Å². The third-order valence-electron chi connectivity index (χ3n) is 4.05. The number of likely N-dealkylation sites (N-methyl/N-ethyl adjacent to an activating group) is 1. The van der Waals surface area contributed by atoms with Crippen LogP contribution in [0.4, 0.5) is 8.78 Å². The Morgan fingerprint density at radius 2 is 1.70 bits per heavy atom. The van der Waals surface area contributed by atoms with E-state index in [0.29, 0.717) is 5.56 Å². The van der Waals surface area contributed by atoms with Gasteiger partial charge in [-0.2, -0.15) is 0 Å². The summed E-state index contributed by atoms with van der Waals surface area (Å²) in [6.45, 7) is -0.0768. The van der Waals surface area contributed by atoms with Gasteiger partial charge in [0.15, 0.2) is 11.5 Å². The van der Waals surface area contributed by atoms with Crippen molar-refractivity contribution in [3.05, 3.63) is 53.6 Å². The molecule has 0 heterocycles. The molecule has 0 saturated carbocycles. The van der Waals surface area contributed by atoms with E-state index in [9.17, 15) is 17.2 Å². The SMILES string of the molecule is COc1cc(F)c(S(=O)(=O)NC[C@@H](c2cccc(F)c2)N(C)C)cc1OC. The molecule has 2 aromatic carbocycles. The van der Waals surface area contributed by atoms with Gasteiger partial charge in [0.1, 0.15) is 16.5 Å². The fraction of sp³-hybridized carbons (Fsp3) is 0.333. The number of benzene rings is 2. The number of rotatable bonds is 8. The Labute approximate surface area is 157 Å². The predicted molar refractivity (Wildman–Crippen MR) is 97.5 cm³/mol. The summed E-state index contributed by atoms with van der Waals surface area (Å²) in [5, 5.41) is 0.